The zero-order valence-electron chi connectivity index (χ0n) is 13.1. The Morgan fingerprint density at radius 3 is 2.00 bits per heavy atom. The van der Waals surface area contributed by atoms with Gasteiger partial charge in [0.25, 0.3) is 0 Å². The Hall–Kier alpha value is -0.530. The van der Waals surface area contributed by atoms with Crippen molar-refractivity contribution in [2.75, 3.05) is 7.05 Å². The summed E-state index contributed by atoms with van der Waals surface area (Å²) < 4.78 is 0. The second-order valence-corrected chi connectivity index (χ2v) is 6.09. The van der Waals surface area contributed by atoms with Gasteiger partial charge in [0.15, 0.2) is 0 Å². The van der Waals surface area contributed by atoms with Gasteiger partial charge in [-0.1, -0.05) is 82.0 Å². The molecule has 0 aliphatic heterocycles. The summed E-state index contributed by atoms with van der Waals surface area (Å²) in [5.74, 6) is 0. The zero-order valence-corrected chi connectivity index (χ0v) is 13.9. The van der Waals surface area contributed by atoms with Gasteiger partial charge in [0, 0.05) is 11.1 Å². The number of hydrogen-bond acceptors (Lipinski definition) is 1. The quantitative estimate of drug-likeness (QED) is 0.484. The van der Waals surface area contributed by atoms with Gasteiger partial charge in [0.1, 0.15) is 0 Å². The standard InChI is InChI=1S/C18H30ClN/c1-3-4-5-6-7-8-9-10-11-18(20-2)16-12-14-17(19)15-13-16/h12-15,18,20H,3-11H2,1-2H3. The lowest BCUT2D eigenvalue weighted by atomic mass is 9.99. The average molecular weight is 296 g/mol. The van der Waals surface area contributed by atoms with E-state index < -0.39 is 0 Å². The van der Waals surface area contributed by atoms with Crippen molar-refractivity contribution < 1.29 is 0 Å². The van der Waals surface area contributed by atoms with Crippen molar-refractivity contribution in [3.05, 3.63) is 34.9 Å². The van der Waals surface area contributed by atoms with Gasteiger partial charge in [-0.25, -0.2) is 0 Å². The van der Waals surface area contributed by atoms with E-state index in [0.717, 1.165) is 5.02 Å². The molecule has 0 aliphatic rings. The van der Waals surface area contributed by atoms with Crippen LogP contribution in [0.2, 0.25) is 5.02 Å². The van der Waals surface area contributed by atoms with Crippen LogP contribution < -0.4 is 5.32 Å². The molecule has 0 amide bonds. The summed E-state index contributed by atoms with van der Waals surface area (Å²) in [6.45, 7) is 2.27. The molecule has 1 nitrogen and oxygen atoms in total. The summed E-state index contributed by atoms with van der Waals surface area (Å²) >= 11 is 5.94. The first kappa shape index (κ1) is 17.5. The molecular formula is C18H30ClN. The van der Waals surface area contributed by atoms with Gasteiger partial charge >= 0.3 is 0 Å². The molecule has 0 saturated heterocycles. The fourth-order valence-electron chi connectivity index (χ4n) is 2.66. The van der Waals surface area contributed by atoms with Crippen molar-refractivity contribution in [3.63, 3.8) is 0 Å². The summed E-state index contributed by atoms with van der Waals surface area (Å²) in [5, 5.41) is 4.23. The van der Waals surface area contributed by atoms with E-state index in [1.807, 2.05) is 19.2 Å². The number of benzene rings is 1. The average Bonchev–Trinajstić information content (AvgIpc) is 2.47. The van der Waals surface area contributed by atoms with Crippen LogP contribution in [0.25, 0.3) is 0 Å². The Kier molecular flexibility index (Phi) is 9.78. The Morgan fingerprint density at radius 1 is 0.900 bits per heavy atom. The minimum atomic E-state index is 0.465. The molecule has 1 aromatic carbocycles. The van der Waals surface area contributed by atoms with Gasteiger partial charge in [0.2, 0.25) is 0 Å². The van der Waals surface area contributed by atoms with Crippen LogP contribution in [0.4, 0.5) is 0 Å². The van der Waals surface area contributed by atoms with E-state index in [1.165, 1.54) is 63.4 Å². The van der Waals surface area contributed by atoms with Crippen molar-refractivity contribution in [1.29, 1.82) is 0 Å². The molecule has 0 spiro atoms. The van der Waals surface area contributed by atoms with Crippen LogP contribution >= 0.6 is 11.6 Å². The van der Waals surface area contributed by atoms with Crippen LogP contribution in [-0.2, 0) is 0 Å². The molecule has 0 saturated carbocycles. The molecule has 0 radical (unpaired) electrons. The lowest BCUT2D eigenvalue weighted by molar-refractivity contribution is 0.494. The number of rotatable bonds is 11. The van der Waals surface area contributed by atoms with E-state index in [2.05, 4.69) is 24.4 Å². The molecule has 114 valence electrons. The first-order chi connectivity index (χ1) is 9.77. The number of hydrogen-bond donors (Lipinski definition) is 1. The smallest absolute Gasteiger partial charge is 0.0406 e. The molecule has 20 heavy (non-hydrogen) atoms. The third kappa shape index (κ3) is 7.31. The Balaban J connectivity index is 2.14. The van der Waals surface area contributed by atoms with E-state index in [9.17, 15) is 0 Å². The van der Waals surface area contributed by atoms with E-state index in [-0.39, 0.29) is 0 Å². The summed E-state index contributed by atoms with van der Waals surface area (Å²) in [6, 6.07) is 8.69. The highest BCUT2D eigenvalue weighted by molar-refractivity contribution is 6.30. The minimum Gasteiger partial charge on any atom is -0.313 e. The second-order valence-electron chi connectivity index (χ2n) is 5.66. The zero-order chi connectivity index (χ0) is 14.6. The molecule has 0 bridgehead atoms. The molecular weight excluding hydrogens is 266 g/mol. The van der Waals surface area contributed by atoms with E-state index in [0.29, 0.717) is 6.04 Å². The molecule has 2 heteroatoms. The van der Waals surface area contributed by atoms with Gasteiger partial charge in [-0.15, -0.1) is 0 Å². The van der Waals surface area contributed by atoms with Crippen LogP contribution in [0.3, 0.4) is 0 Å². The Labute approximate surface area is 130 Å². The molecule has 0 fully saturated rings. The molecule has 1 unspecified atom stereocenters. The number of nitrogens with one attached hydrogen (secondary N) is 1. The fourth-order valence-corrected chi connectivity index (χ4v) is 2.78. The third-order valence-corrected chi connectivity index (χ3v) is 4.22. The van der Waals surface area contributed by atoms with Crippen LogP contribution in [0.1, 0.15) is 76.3 Å². The predicted octanol–water partition coefficient (Wildman–Crippen LogP) is 6.13. The first-order valence-electron chi connectivity index (χ1n) is 8.20. The van der Waals surface area contributed by atoms with E-state index in [1.54, 1.807) is 0 Å². The maximum absolute atomic E-state index is 5.94. The molecule has 0 aromatic heterocycles. The lowest BCUT2D eigenvalue weighted by Gasteiger charge is -2.16. The highest BCUT2D eigenvalue weighted by Crippen LogP contribution is 2.22. The van der Waals surface area contributed by atoms with Gasteiger partial charge in [0.05, 0.1) is 0 Å². The van der Waals surface area contributed by atoms with Crippen molar-refractivity contribution in [3.8, 4) is 0 Å². The highest BCUT2D eigenvalue weighted by Gasteiger charge is 2.08. The molecule has 1 N–H and O–H groups in total. The normalized spacial score (nSPS) is 12.6. The number of halogens is 1. The Morgan fingerprint density at radius 2 is 1.45 bits per heavy atom. The Bertz CT molecular complexity index is 334. The summed E-state index contributed by atoms with van der Waals surface area (Å²) in [4.78, 5) is 0. The highest BCUT2D eigenvalue weighted by atomic mass is 35.5. The van der Waals surface area contributed by atoms with Crippen LogP contribution in [-0.4, -0.2) is 7.05 Å². The van der Waals surface area contributed by atoms with Crippen LogP contribution in [0, 0.1) is 0 Å². The monoisotopic (exact) mass is 295 g/mol. The molecule has 0 heterocycles. The SMILES string of the molecule is CCCCCCCCCCC(NC)c1ccc(Cl)cc1. The topological polar surface area (TPSA) is 12.0 Å². The van der Waals surface area contributed by atoms with Crippen molar-refractivity contribution >= 4 is 11.6 Å². The molecule has 1 aromatic rings. The largest absolute Gasteiger partial charge is 0.313 e. The second kappa shape index (κ2) is 11.2. The van der Waals surface area contributed by atoms with Crippen molar-refractivity contribution in [2.45, 2.75) is 70.8 Å². The minimum absolute atomic E-state index is 0.465. The van der Waals surface area contributed by atoms with Crippen molar-refractivity contribution in [2.24, 2.45) is 0 Å². The van der Waals surface area contributed by atoms with Gasteiger partial charge in [-0.05, 0) is 31.2 Å². The molecule has 1 atom stereocenters. The molecule has 0 aliphatic carbocycles. The summed E-state index contributed by atoms with van der Waals surface area (Å²) in [7, 11) is 2.05. The molecule has 1 rings (SSSR count). The fraction of sp³-hybridized carbons (Fsp3) is 0.667. The van der Waals surface area contributed by atoms with Gasteiger partial charge in [-0.3, -0.25) is 0 Å². The van der Waals surface area contributed by atoms with E-state index in [4.69, 9.17) is 11.6 Å². The van der Waals surface area contributed by atoms with Gasteiger partial charge in [-0.2, -0.15) is 0 Å². The van der Waals surface area contributed by atoms with Gasteiger partial charge < -0.3 is 5.32 Å². The van der Waals surface area contributed by atoms with Crippen LogP contribution in [0.15, 0.2) is 24.3 Å². The van der Waals surface area contributed by atoms with Crippen LogP contribution in [0.5, 0.6) is 0 Å². The maximum Gasteiger partial charge on any atom is 0.0406 e. The third-order valence-electron chi connectivity index (χ3n) is 3.97. The summed E-state index contributed by atoms with van der Waals surface area (Å²) in [5.41, 5.74) is 1.35. The van der Waals surface area contributed by atoms with E-state index >= 15 is 0 Å². The maximum atomic E-state index is 5.94. The predicted molar refractivity (Wildman–Crippen MR) is 90.5 cm³/mol. The van der Waals surface area contributed by atoms with Crippen molar-refractivity contribution in [1.82, 2.24) is 5.32 Å². The number of unbranched alkanes of at least 4 members (excludes halogenated alkanes) is 7. The lowest BCUT2D eigenvalue weighted by Crippen LogP contribution is -2.16. The summed E-state index contributed by atoms with van der Waals surface area (Å²) in [6.07, 6.45) is 12.3. The first-order valence-corrected chi connectivity index (χ1v) is 8.58.